The van der Waals surface area contributed by atoms with Crippen LogP contribution in [0.2, 0.25) is 0 Å². The van der Waals surface area contributed by atoms with Gasteiger partial charge < -0.3 is 10.6 Å². The predicted octanol–water partition coefficient (Wildman–Crippen LogP) is 5.17. The molecule has 4 rings (SSSR count). The first-order valence-corrected chi connectivity index (χ1v) is 9.73. The van der Waals surface area contributed by atoms with Crippen molar-refractivity contribution in [2.45, 2.75) is 33.2 Å². The fraction of sp³-hybridized carbons (Fsp3) is 0.208. The number of hydrogen-bond donors (Lipinski definition) is 2. The molecule has 0 saturated carbocycles. The van der Waals surface area contributed by atoms with Gasteiger partial charge in [0, 0.05) is 24.1 Å². The Morgan fingerprint density at radius 3 is 2.76 bits per heavy atom. The van der Waals surface area contributed by atoms with E-state index in [0.29, 0.717) is 5.56 Å². The number of allylic oxidation sites excluding steroid dienone is 1. The van der Waals surface area contributed by atoms with Gasteiger partial charge in [0.1, 0.15) is 0 Å². The summed E-state index contributed by atoms with van der Waals surface area (Å²) in [5, 5.41) is 6.47. The molecule has 2 heterocycles. The number of benzene rings is 1. The fourth-order valence-electron chi connectivity index (χ4n) is 3.56. The molecule has 2 N–H and O–H groups in total. The average molecular weight is 384 g/mol. The van der Waals surface area contributed by atoms with Gasteiger partial charge in [0.2, 0.25) is 0 Å². The van der Waals surface area contributed by atoms with Crippen LogP contribution >= 0.6 is 0 Å². The molecule has 5 nitrogen and oxygen atoms in total. The molecule has 0 saturated heterocycles. The van der Waals surface area contributed by atoms with Gasteiger partial charge in [0.15, 0.2) is 0 Å². The molecule has 0 spiro atoms. The normalized spacial score (nSPS) is 13.4. The van der Waals surface area contributed by atoms with Crippen LogP contribution in [0.25, 0.3) is 6.08 Å². The van der Waals surface area contributed by atoms with Crippen LogP contribution < -0.4 is 10.6 Å². The second kappa shape index (κ2) is 7.87. The van der Waals surface area contributed by atoms with E-state index in [0.717, 1.165) is 34.6 Å². The molecular weight excluding hydrogens is 360 g/mol. The van der Waals surface area contributed by atoms with E-state index in [1.54, 1.807) is 12.4 Å². The molecule has 3 aromatic rings. The summed E-state index contributed by atoms with van der Waals surface area (Å²) < 4.78 is 0. The van der Waals surface area contributed by atoms with Crippen molar-refractivity contribution in [2.24, 2.45) is 0 Å². The van der Waals surface area contributed by atoms with Gasteiger partial charge in [-0.25, -0.2) is 0 Å². The van der Waals surface area contributed by atoms with Crippen molar-refractivity contribution in [3.05, 3.63) is 88.5 Å². The van der Waals surface area contributed by atoms with E-state index in [1.807, 2.05) is 43.5 Å². The minimum atomic E-state index is -0.162. The third kappa shape index (κ3) is 4.35. The third-order valence-electron chi connectivity index (χ3n) is 5.02. The van der Waals surface area contributed by atoms with Crippen molar-refractivity contribution < 1.29 is 4.79 Å². The highest BCUT2D eigenvalue weighted by Gasteiger charge is 2.13. The molecule has 29 heavy (non-hydrogen) atoms. The third-order valence-corrected chi connectivity index (χ3v) is 5.02. The average Bonchev–Trinajstić information content (AvgIpc) is 3.07. The van der Waals surface area contributed by atoms with Crippen LogP contribution in [0, 0.1) is 6.92 Å². The van der Waals surface area contributed by atoms with Gasteiger partial charge in [0.05, 0.1) is 23.1 Å². The van der Waals surface area contributed by atoms with Crippen molar-refractivity contribution in [3.8, 4) is 0 Å². The molecule has 1 aromatic carbocycles. The Hall–Kier alpha value is -3.47. The number of anilines is 2. The van der Waals surface area contributed by atoms with Crippen molar-refractivity contribution in [1.82, 2.24) is 9.97 Å². The van der Waals surface area contributed by atoms with Crippen molar-refractivity contribution >= 4 is 23.4 Å². The van der Waals surface area contributed by atoms with E-state index in [4.69, 9.17) is 0 Å². The lowest BCUT2D eigenvalue weighted by Gasteiger charge is -2.17. The summed E-state index contributed by atoms with van der Waals surface area (Å²) in [7, 11) is 0. The molecule has 0 radical (unpaired) electrons. The number of rotatable bonds is 5. The summed E-state index contributed by atoms with van der Waals surface area (Å²) >= 11 is 0. The quantitative estimate of drug-likeness (QED) is 0.637. The zero-order valence-corrected chi connectivity index (χ0v) is 16.9. The Morgan fingerprint density at radius 2 is 1.93 bits per heavy atom. The summed E-state index contributed by atoms with van der Waals surface area (Å²) in [4.78, 5) is 21.1. The second-order valence-corrected chi connectivity index (χ2v) is 7.63. The number of pyridine rings is 2. The van der Waals surface area contributed by atoms with Gasteiger partial charge in [-0.2, -0.15) is 0 Å². The van der Waals surface area contributed by atoms with Crippen LogP contribution in [0.5, 0.6) is 0 Å². The Kier molecular flexibility index (Phi) is 5.12. The molecule has 1 aliphatic rings. The van der Waals surface area contributed by atoms with Gasteiger partial charge in [-0.05, 0) is 74.2 Å². The van der Waals surface area contributed by atoms with E-state index in [2.05, 4.69) is 46.6 Å². The van der Waals surface area contributed by atoms with Gasteiger partial charge in [0.25, 0.3) is 5.91 Å². The number of amides is 1. The molecule has 1 atom stereocenters. The van der Waals surface area contributed by atoms with Crippen LogP contribution in [0.3, 0.4) is 0 Å². The van der Waals surface area contributed by atoms with Crippen molar-refractivity contribution in [1.29, 1.82) is 0 Å². The van der Waals surface area contributed by atoms with Gasteiger partial charge in [-0.1, -0.05) is 17.7 Å². The second-order valence-electron chi connectivity index (χ2n) is 7.63. The first-order valence-electron chi connectivity index (χ1n) is 9.73. The summed E-state index contributed by atoms with van der Waals surface area (Å²) in [5.74, 6) is -0.162. The van der Waals surface area contributed by atoms with Crippen molar-refractivity contribution in [2.75, 3.05) is 10.6 Å². The highest BCUT2D eigenvalue weighted by molar-refractivity contribution is 6.04. The highest BCUT2D eigenvalue weighted by Crippen LogP contribution is 2.27. The predicted molar refractivity (Wildman–Crippen MR) is 117 cm³/mol. The summed E-state index contributed by atoms with van der Waals surface area (Å²) in [6, 6.07) is 12.0. The zero-order chi connectivity index (χ0) is 20.4. The van der Waals surface area contributed by atoms with E-state index in [1.165, 1.54) is 11.1 Å². The number of aryl methyl sites for hydroxylation is 1. The first-order chi connectivity index (χ1) is 14.0. The lowest BCUT2D eigenvalue weighted by Crippen LogP contribution is -2.13. The molecule has 0 aliphatic heterocycles. The minimum Gasteiger partial charge on any atom is -0.377 e. The fourth-order valence-corrected chi connectivity index (χ4v) is 3.56. The standard InChI is InChI=1S/C24H24N4O/c1-15-7-19-11-22(14-26-23(19)9-15)27-17(3)18-5-4-6-21(10-18)28-24(29)20-8-16(2)12-25-13-20/h4-6,8-14,17,27H,7H2,1-3H3,(H,28,29). The molecule has 1 amide bonds. The first kappa shape index (κ1) is 18.9. The number of nitrogens with zero attached hydrogens (tertiary/aromatic N) is 2. The number of hydrogen-bond acceptors (Lipinski definition) is 4. The Morgan fingerprint density at radius 1 is 1.07 bits per heavy atom. The SMILES string of the molecule is CC1=Cc2ncc(NC(C)c3cccc(NC(=O)c4cncc(C)c4)c3)cc2C1. The Labute approximate surface area is 170 Å². The molecule has 5 heteroatoms. The summed E-state index contributed by atoms with van der Waals surface area (Å²) in [5.41, 5.74) is 8.01. The molecule has 2 aromatic heterocycles. The minimum absolute atomic E-state index is 0.0720. The molecule has 1 unspecified atom stereocenters. The van der Waals surface area contributed by atoms with Crippen LogP contribution in [0.15, 0.2) is 60.6 Å². The monoisotopic (exact) mass is 384 g/mol. The maximum atomic E-state index is 12.5. The van der Waals surface area contributed by atoms with Crippen LogP contribution in [0.1, 0.15) is 52.6 Å². The zero-order valence-electron chi connectivity index (χ0n) is 16.9. The van der Waals surface area contributed by atoms with E-state index in [-0.39, 0.29) is 11.9 Å². The topological polar surface area (TPSA) is 66.9 Å². The lowest BCUT2D eigenvalue weighted by molar-refractivity contribution is 0.102. The molecule has 0 bridgehead atoms. The number of fused-ring (bicyclic) bond motifs is 1. The maximum absolute atomic E-state index is 12.5. The number of aromatic nitrogens is 2. The molecule has 0 fully saturated rings. The molecule has 1 aliphatic carbocycles. The molecule has 146 valence electrons. The van der Waals surface area contributed by atoms with Gasteiger partial charge >= 0.3 is 0 Å². The van der Waals surface area contributed by atoms with Gasteiger partial charge in [-0.3, -0.25) is 14.8 Å². The van der Waals surface area contributed by atoms with E-state index < -0.39 is 0 Å². The van der Waals surface area contributed by atoms with Crippen molar-refractivity contribution in [3.63, 3.8) is 0 Å². The summed E-state index contributed by atoms with van der Waals surface area (Å²) in [6.07, 6.45) is 8.28. The van der Waals surface area contributed by atoms with Crippen LogP contribution in [-0.4, -0.2) is 15.9 Å². The Balaban J connectivity index is 1.46. The number of carbonyl (C=O) groups excluding carboxylic acids is 1. The van der Waals surface area contributed by atoms with Crippen LogP contribution in [-0.2, 0) is 6.42 Å². The molecular formula is C24H24N4O. The summed E-state index contributed by atoms with van der Waals surface area (Å²) in [6.45, 7) is 6.15. The number of carbonyl (C=O) groups is 1. The number of nitrogens with one attached hydrogen (secondary N) is 2. The van der Waals surface area contributed by atoms with Crippen LogP contribution in [0.4, 0.5) is 11.4 Å². The highest BCUT2D eigenvalue weighted by atomic mass is 16.1. The largest absolute Gasteiger partial charge is 0.377 e. The van der Waals surface area contributed by atoms with E-state index in [9.17, 15) is 4.79 Å². The van der Waals surface area contributed by atoms with Gasteiger partial charge in [-0.15, -0.1) is 0 Å². The smallest absolute Gasteiger partial charge is 0.257 e. The Bertz CT molecular complexity index is 1100. The maximum Gasteiger partial charge on any atom is 0.257 e. The lowest BCUT2D eigenvalue weighted by atomic mass is 10.1. The van der Waals surface area contributed by atoms with E-state index >= 15 is 0 Å².